The molecule has 2 heterocycles. The molecule has 0 atom stereocenters. The Kier molecular flexibility index (Phi) is 6.45. The van der Waals surface area contributed by atoms with Crippen LogP contribution in [0.3, 0.4) is 0 Å². The van der Waals surface area contributed by atoms with E-state index in [2.05, 4.69) is 0 Å². The van der Waals surface area contributed by atoms with Crippen LogP contribution in [0.5, 0.6) is 11.5 Å². The fourth-order valence-corrected chi connectivity index (χ4v) is 6.21. The molecule has 2 aromatic rings. The molecule has 1 fully saturated rings. The Morgan fingerprint density at radius 2 is 1.68 bits per heavy atom. The van der Waals surface area contributed by atoms with Gasteiger partial charge in [-0.3, -0.25) is 4.79 Å². The van der Waals surface area contributed by atoms with Gasteiger partial charge in [0.25, 0.3) is 0 Å². The number of carbonyl (C=O) groups is 1. The number of benzene rings is 2. The fraction of sp³-hybridized carbons (Fsp3) is 0.409. The molecule has 7 nitrogen and oxygen atoms in total. The molecule has 0 saturated carbocycles. The molecule has 166 valence electrons. The second-order valence-corrected chi connectivity index (χ2v) is 10.6. The minimum Gasteiger partial charge on any atom is -0.486 e. The summed E-state index contributed by atoms with van der Waals surface area (Å²) in [4.78, 5) is 15.7. The summed E-state index contributed by atoms with van der Waals surface area (Å²) in [7, 11) is -3.56. The zero-order chi connectivity index (χ0) is 22.0. The van der Waals surface area contributed by atoms with Gasteiger partial charge in [0, 0.05) is 31.1 Å². The molecular formula is C22H26N2O5S2. The largest absolute Gasteiger partial charge is 0.486 e. The Labute approximate surface area is 187 Å². The molecule has 0 unspecified atom stereocenters. The maximum absolute atomic E-state index is 13.0. The summed E-state index contributed by atoms with van der Waals surface area (Å²) in [6.07, 6.45) is 0. The average molecular weight is 463 g/mol. The predicted octanol–water partition coefficient (Wildman–Crippen LogP) is 2.70. The van der Waals surface area contributed by atoms with Gasteiger partial charge < -0.3 is 14.4 Å². The van der Waals surface area contributed by atoms with Crippen molar-refractivity contribution in [3.8, 4) is 11.5 Å². The number of carbonyl (C=O) groups excluding carboxylic acids is 1. The number of aryl methyl sites for hydroxylation is 2. The van der Waals surface area contributed by atoms with Gasteiger partial charge in [0.05, 0.1) is 10.6 Å². The molecule has 9 heteroatoms. The Hall–Kier alpha value is -2.23. The van der Waals surface area contributed by atoms with Crippen LogP contribution in [0.4, 0.5) is 0 Å². The highest BCUT2D eigenvalue weighted by atomic mass is 32.2. The summed E-state index contributed by atoms with van der Waals surface area (Å²) in [6, 6.07) is 11.0. The number of amides is 1. The zero-order valence-corrected chi connectivity index (χ0v) is 19.3. The van der Waals surface area contributed by atoms with E-state index in [0.717, 1.165) is 21.8 Å². The lowest BCUT2D eigenvalue weighted by Crippen LogP contribution is -2.51. The summed E-state index contributed by atoms with van der Waals surface area (Å²) >= 11 is 1.44. The third-order valence-electron chi connectivity index (χ3n) is 5.42. The van der Waals surface area contributed by atoms with Gasteiger partial charge in [0.15, 0.2) is 11.5 Å². The topological polar surface area (TPSA) is 76.2 Å². The molecule has 0 spiro atoms. The first-order valence-corrected chi connectivity index (χ1v) is 12.6. The van der Waals surface area contributed by atoms with Crippen molar-refractivity contribution in [2.24, 2.45) is 0 Å². The SMILES string of the molecule is Cc1ccc(S(=O)(=O)N2CCN(C(=O)CSc3ccc4c(c3)OCCO4)CC2)c(C)c1. The van der Waals surface area contributed by atoms with E-state index >= 15 is 0 Å². The molecule has 0 aliphatic carbocycles. The highest BCUT2D eigenvalue weighted by Crippen LogP contribution is 2.34. The van der Waals surface area contributed by atoms with E-state index < -0.39 is 10.0 Å². The second kappa shape index (κ2) is 9.10. The first-order valence-electron chi connectivity index (χ1n) is 10.2. The lowest BCUT2D eigenvalue weighted by Gasteiger charge is -2.34. The lowest BCUT2D eigenvalue weighted by atomic mass is 10.2. The molecular weight excluding hydrogens is 436 g/mol. The van der Waals surface area contributed by atoms with Crippen molar-refractivity contribution in [2.45, 2.75) is 23.6 Å². The molecule has 0 aromatic heterocycles. The number of hydrogen-bond donors (Lipinski definition) is 0. The van der Waals surface area contributed by atoms with Crippen LogP contribution in [0.15, 0.2) is 46.2 Å². The van der Waals surface area contributed by atoms with Gasteiger partial charge in [-0.2, -0.15) is 4.31 Å². The number of sulfonamides is 1. The van der Waals surface area contributed by atoms with E-state index in [1.165, 1.54) is 16.1 Å². The van der Waals surface area contributed by atoms with Gasteiger partial charge in [-0.25, -0.2) is 8.42 Å². The van der Waals surface area contributed by atoms with E-state index in [0.29, 0.717) is 55.8 Å². The van der Waals surface area contributed by atoms with Crippen molar-refractivity contribution in [3.05, 3.63) is 47.5 Å². The van der Waals surface area contributed by atoms with Crippen molar-refractivity contribution in [3.63, 3.8) is 0 Å². The Morgan fingerprint density at radius 1 is 0.968 bits per heavy atom. The van der Waals surface area contributed by atoms with Gasteiger partial charge in [-0.15, -0.1) is 11.8 Å². The highest BCUT2D eigenvalue weighted by Gasteiger charge is 2.31. The summed E-state index contributed by atoms with van der Waals surface area (Å²) < 4.78 is 38.6. The van der Waals surface area contributed by atoms with E-state index in [-0.39, 0.29) is 5.91 Å². The molecule has 1 amide bonds. The maximum atomic E-state index is 13.0. The quantitative estimate of drug-likeness (QED) is 0.636. The first-order chi connectivity index (χ1) is 14.8. The van der Waals surface area contributed by atoms with Crippen LogP contribution in [0.2, 0.25) is 0 Å². The van der Waals surface area contributed by atoms with E-state index in [9.17, 15) is 13.2 Å². The summed E-state index contributed by atoms with van der Waals surface area (Å²) in [5.41, 5.74) is 1.77. The molecule has 2 aliphatic heterocycles. The van der Waals surface area contributed by atoms with Crippen LogP contribution in [-0.4, -0.2) is 68.7 Å². The normalized spacial score (nSPS) is 16.9. The summed E-state index contributed by atoms with van der Waals surface area (Å²) in [5, 5.41) is 0. The highest BCUT2D eigenvalue weighted by molar-refractivity contribution is 8.00. The number of fused-ring (bicyclic) bond motifs is 1. The third kappa shape index (κ3) is 4.83. The van der Waals surface area contributed by atoms with Crippen LogP contribution in [0.1, 0.15) is 11.1 Å². The smallest absolute Gasteiger partial charge is 0.243 e. The Bertz CT molecular complexity index is 1080. The molecule has 2 aliphatic rings. The molecule has 0 bridgehead atoms. The minimum atomic E-state index is -3.56. The van der Waals surface area contributed by atoms with Crippen molar-refractivity contribution < 1.29 is 22.7 Å². The second-order valence-electron chi connectivity index (χ2n) is 7.65. The van der Waals surface area contributed by atoms with Gasteiger partial charge in [0.1, 0.15) is 13.2 Å². The van der Waals surface area contributed by atoms with Crippen LogP contribution < -0.4 is 9.47 Å². The zero-order valence-electron chi connectivity index (χ0n) is 17.7. The third-order valence-corrected chi connectivity index (χ3v) is 8.45. The monoisotopic (exact) mass is 462 g/mol. The summed E-state index contributed by atoms with van der Waals surface area (Å²) in [5.74, 6) is 1.73. The fourth-order valence-electron chi connectivity index (χ4n) is 3.76. The lowest BCUT2D eigenvalue weighted by molar-refractivity contribution is -0.129. The van der Waals surface area contributed by atoms with E-state index in [4.69, 9.17) is 9.47 Å². The standard InChI is InChI=1S/C22H26N2O5S2/c1-16-3-6-21(17(2)13-16)31(26,27)24-9-7-23(8-10-24)22(25)15-30-18-4-5-19-20(14-18)29-12-11-28-19/h3-6,13-14H,7-12,15H2,1-2H3. The number of ether oxygens (including phenoxy) is 2. The van der Waals surface area contributed by atoms with Crippen molar-refractivity contribution in [1.82, 2.24) is 9.21 Å². The van der Waals surface area contributed by atoms with Crippen LogP contribution in [-0.2, 0) is 14.8 Å². The first kappa shape index (κ1) is 22.0. The van der Waals surface area contributed by atoms with Crippen LogP contribution in [0, 0.1) is 13.8 Å². The average Bonchev–Trinajstić information content (AvgIpc) is 2.77. The number of thioether (sulfide) groups is 1. The number of rotatable bonds is 5. The van der Waals surface area contributed by atoms with Crippen molar-refractivity contribution in [2.75, 3.05) is 45.1 Å². The Balaban J connectivity index is 1.32. The van der Waals surface area contributed by atoms with Crippen LogP contribution in [0.25, 0.3) is 0 Å². The molecule has 0 radical (unpaired) electrons. The number of piperazine rings is 1. The molecule has 31 heavy (non-hydrogen) atoms. The minimum absolute atomic E-state index is 0.00320. The molecule has 4 rings (SSSR count). The van der Waals surface area contributed by atoms with Gasteiger partial charge in [-0.1, -0.05) is 17.7 Å². The maximum Gasteiger partial charge on any atom is 0.243 e. The van der Waals surface area contributed by atoms with E-state index in [1.54, 1.807) is 11.0 Å². The van der Waals surface area contributed by atoms with E-state index in [1.807, 2.05) is 44.2 Å². The van der Waals surface area contributed by atoms with Crippen molar-refractivity contribution in [1.29, 1.82) is 0 Å². The number of hydrogen-bond acceptors (Lipinski definition) is 6. The predicted molar refractivity (Wildman–Crippen MR) is 119 cm³/mol. The summed E-state index contributed by atoms with van der Waals surface area (Å²) in [6.45, 7) is 6.21. The molecule has 2 aromatic carbocycles. The molecule has 0 N–H and O–H groups in total. The Morgan fingerprint density at radius 3 is 2.39 bits per heavy atom. The van der Waals surface area contributed by atoms with Gasteiger partial charge in [0.2, 0.25) is 15.9 Å². The van der Waals surface area contributed by atoms with Gasteiger partial charge >= 0.3 is 0 Å². The van der Waals surface area contributed by atoms with Crippen molar-refractivity contribution >= 4 is 27.7 Å². The van der Waals surface area contributed by atoms with Gasteiger partial charge in [-0.05, 0) is 43.7 Å². The van der Waals surface area contributed by atoms with Crippen LogP contribution >= 0.6 is 11.8 Å². The number of nitrogens with zero attached hydrogens (tertiary/aromatic N) is 2. The molecule has 1 saturated heterocycles.